The van der Waals surface area contributed by atoms with Gasteiger partial charge in [-0.3, -0.25) is 4.99 Å². The molecule has 2 heteroatoms. The molecule has 0 aromatic carbocycles. The highest BCUT2D eigenvalue weighted by molar-refractivity contribution is 5.89. The van der Waals surface area contributed by atoms with Gasteiger partial charge in [0, 0.05) is 5.71 Å². The summed E-state index contributed by atoms with van der Waals surface area (Å²) in [5.41, 5.74) is 1.45. The Kier molecular flexibility index (Phi) is 2.33. The Balaban J connectivity index is 2.62. The Labute approximate surface area is 68.3 Å². The van der Waals surface area contributed by atoms with Crippen LogP contribution in [0.2, 0.25) is 0 Å². The van der Waals surface area contributed by atoms with Crippen LogP contribution in [-0.2, 0) is 0 Å². The van der Waals surface area contributed by atoms with Crippen LogP contribution in [0.1, 0.15) is 33.6 Å². The average molecular weight is 155 g/mol. The van der Waals surface area contributed by atoms with Gasteiger partial charge in [-0.25, -0.2) is 0 Å². The molecule has 0 saturated heterocycles. The summed E-state index contributed by atoms with van der Waals surface area (Å²) in [4.78, 5) is 4.35. The maximum Gasteiger partial charge on any atom is 0.0738 e. The minimum absolute atomic E-state index is 0.193. The second kappa shape index (κ2) is 2.94. The molecule has 0 fully saturated rings. The number of aliphatic imine (C=N–C) groups is 1. The van der Waals surface area contributed by atoms with Crippen molar-refractivity contribution in [1.82, 2.24) is 0 Å². The van der Waals surface area contributed by atoms with Crippen LogP contribution < -0.4 is 0 Å². The minimum Gasteiger partial charge on any atom is -0.391 e. The molecule has 1 N–H and O–H groups in total. The van der Waals surface area contributed by atoms with Gasteiger partial charge in [-0.2, -0.15) is 0 Å². The first-order chi connectivity index (χ1) is 5.00. The molecule has 0 aromatic rings. The van der Waals surface area contributed by atoms with Crippen LogP contribution >= 0.6 is 0 Å². The van der Waals surface area contributed by atoms with E-state index >= 15 is 0 Å². The Morgan fingerprint density at radius 1 is 1.45 bits per heavy atom. The third kappa shape index (κ3) is 2.29. The summed E-state index contributed by atoms with van der Waals surface area (Å²) < 4.78 is 0. The van der Waals surface area contributed by atoms with Gasteiger partial charge in [0.15, 0.2) is 0 Å². The molecule has 1 atom stereocenters. The second-order valence-electron chi connectivity index (χ2n) is 4.23. The lowest BCUT2D eigenvalue weighted by Crippen LogP contribution is -2.28. The van der Waals surface area contributed by atoms with Gasteiger partial charge in [0.25, 0.3) is 0 Å². The number of rotatable bonds is 0. The van der Waals surface area contributed by atoms with Crippen molar-refractivity contribution in [2.75, 3.05) is 6.54 Å². The molecule has 64 valence electrons. The van der Waals surface area contributed by atoms with Gasteiger partial charge in [0.2, 0.25) is 0 Å². The van der Waals surface area contributed by atoms with Gasteiger partial charge in [-0.05, 0) is 18.3 Å². The highest BCUT2D eigenvalue weighted by Gasteiger charge is 2.22. The van der Waals surface area contributed by atoms with Crippen molar-refractivity contribution in [2.24, 2.45) is 10.4 Å². The smallest absolute Gasteiger partial charge is 0.0738 e. The van der Waals surface area contributed by atoms with Crippen molar-refractivity contribution in [3.8, 4) is 0 Å². The molecule has 0 aliphatic carbocycles. The lowest BCUT2D eigenvalue weighted by atomic mass is 9.85. The van der Waals surface area contributed by atoms with Crippen molar-refractivity contribution in [1.29, 1.82) is 0 Å². The van der Waals surface area contributed by atoms with Crippen molar-refractivity contribution in [2.45, 2.75) is 39.7 Å². The fraction of sp³-hybridized carbons (Fsp3) is 0.889. The summed E-state index contributed by atoms with van der Waals surface area (Å²) in [6.07, 6.45) is 1.65. The number of hydrogen-bond acceptors (Lipinski definition) is 2. The van der Waals surface area contributed by atoms with Crippen LogP contribution in [0.15, 0.2) is 4.99 Å². The molecule has 11 heavy (non-hydrogen) atoms. The minimum atomic E-state index is -0.193. The largest absolute Gasteiger partial charge is 0.391 e. The van der Waals surface area contributed by atoms with Crippen molar-refractivity contribution in [3.63, 3.8) is 0 Å². The summed E-state index contributed by atoms with van der Waals surface area (Å²) in [5, 5.41) is 9.19. The van der Waals surface area contributed by atoms with Crippen LogP contribution in [-0.4, -0.2) is 23.5 Å². The normalized spacial score (nSPS) is 26.5. The molecular weight excluding hydrogens is 138 g/mol. The van der Waals surface area contributed by atoms with E-state index in [1.54, 1.807) is 0 Å². The molecule has 2 nitrogen and oxygen atoms in total. The topological polar surface area (TPSA) is 32.6 Å². The average Bonchev–Trinajstić information content (AvgIpc) is 1.86. The number of hydrogen-bond donors (Lipinski definition) is 1. The van der Waals surface area contributed by atoms with Crippen molar-refractivity contribution >= 4 is 5.71 Å². The van der Waals surface area contributed by atoms with Crippen LogP contribution in [0.3, 0.4) is 0 Å². The molecule has 0 bridgehead atoms. The molecule has 1 aliphatic rings. The van der Waals surface area contributed by atoms with E-state index in [1.807, 2.05) is 0 Å². The van der Waals surface area contributed by atoms with Gasteiger partial charge >= 0.3 is 0 Å². The van der Waals surface area contributed by atoms with Crippen LogP contribution in [0, 0.1) is 5.41 Å². The van der Waals surface area contributed by atoms with Crippen LogP contribution in [0.4, 0.5) is 0 Å². The first-order valence-corrected chi connectivity index (χ1v) is 4.22. The van der Waals surface area contributed by atoms with Crippen molar-refractivity contribution < 1.29 is 5.11 Å². The zero-order valence-corrected chi connectivity index (χ0v) is 7.59. The zero-order chi connectivity index (χ0) is 8.48. The SMILES string of the molecule is CC(C)(C)C1=NCC(O)CC1. The van der Waals surface area contributed by atoms with E-state index in [-0.39, 0.29) is 11.5 Å². The monoisotopic (exact) mass is 155 g/mol. The summed E-state index contributed by atoms with van der Waals surface area (Å²) >= 11 is 0. The van der Waals surface area contributed by atoms with Gasteiger partial charge in [-0.15, -0.1) is 0 Å². The maximum absolute atomic E-state index is 9.19. The molecule has 0 radical (unpaired) electrons. The van der Waals surface area contributed by atoms with E-state index in [0.717, 1.165) is 12.8 Å². The highest BCUT2D eigenvalue weighted by Crippen LogP contribution is 2.22. The van der Waals surface area contributed by atoms with Gasteiger partial charge in [-0.1, -0.05) is 20.8 Å². The lowest BCUT2D eigenvalue weighted by molar-refractivity contribution is 0.169. The second-order valence-corrected chi connectivity index (χ2v) is 4.23. The maximum atomic E-state index is 9.19. The number of aliphatic hydroxyl groups is 1. The molecule has 1 heterocycles. The molecular formula is C9H17NO. The van der Waals surface area contributed by atoms with E-state index in [1.165, 1.54) is 5.71 Å². The zero-order valence-electron chi connectivity index (χ0n) is 7.59. The molecule has 0 saturated carbocycles. The molecule has 0 aromatic heterocycles. The fourth-order valence-electron chi connectivity index (χ4n) is 1.30. The quantitative estimate of drug-likeness (QED) is 0.566. The van der Waals surface area contributed by atoms with Gasteiger partial charge in [0.05, 0.1) is 12.6 Å². The van der Waals surface area contributed by atoms with E-state index in [4.69, 9.17) is 0 Å². The predicted octanol–water partition coefficient (Wildman–Crippen LogP) is 1.63. The first kappa shape index (κ1) is 8.72. The molecule has 1 unspecified atom stereocenters. The third-order valence-corrected chi connectivity index (χ3v) is 2.07. The Morgan fingerprint density at radius 2 is 2.09 bits per heavy atom. The summed E-state index contributed by atoms with van der Waals surface area (Å²) in [5.74, 6) is 0. The summed E-state index contributed by atoms with van der Waals surface area (Å²) in [6.45, 7) is 7.11. The van der Waals surface area contributed by atoms with Crippen LogP contribution in [0.25, 0.3) is 0 Å². The van der Waals surface area contributed by atoms with Gasteiger partial charge < -0.3 is 5.11 Å². The van der Waals surface area contributed by atoms with E-state index < -0.39 is 0 Å². The standard InChI is InChI=1S/C9H17NO/c1-9(2,3)8-5-4-7(11)6-10-8/h7,11H,4-6H2,1-3H3. The fourth-order valence-corrected chi connectivity index (χ4v) is 1.30. The molecule has 1 rings (SSSR count). The van der Waals surface area contributed by atoms with E-state index in [0.29, 0.717) is 6.54 Å². The Hall–Kier alpha value is -0.370. The van der Waals surface area contributed by atoms with E-state index in [9.17, 15) is 5.11 Å². The third-order valence-electron chi connectivity index (χ3n) is 2.07. The molecule has 0 amide bonds. The highest BCUT2D eigenvalue weighted by atomic mass is 16.3. The van der Waals surface area contributed by atoms with Gasteiger partial charge in [0.1, 0.15) is 0 Å². The Morgan fingerprint density at radius 3 is 2.45 bits per heavy atom. The Bertz CT molecular complexity index is 167. The molecule has 1 aliphatic heterocycles. The first-order valence-electron chi connectivity index (χ1n) is 4.22. The summed E-state index contributed by atoms with van der Waals surface area (Å²) in [6, 6.07) is 0. The van der Waals surface area contributed by atoms with E-state index in [2.05, 4.69) is 25.8 Å². The summed E-state index contributed by atoms with van der Waals surface area (Å²) in [7, 11) is 0. The van der Waals surface area contributed by atoms with Crippen molar-refractivity contribution in [3.05, 3.63) is 0 Å². The lowest BCUT2D eigenvalue weighted by Gasteiger charge is -2.26. The van der Waals surface area contributed by atoms with Crippen LogP contribution in [0.5, 0.6) is 0 Å². The number of nitrogens with zero attached hydrogens (tertiary/aromatic N) is 1. The predicted molar refractivity (Wildman–Crippen MR) is 47.0 cm³/mol. The molecule has 0 spiro atoms. The number of aliphatic hydroxyl groups excluding tert-OH is 1.